The van der Waals surface area contributed by atoms with Gasteiger partial charge in [0.25, 0.3) is 0 Å². The first-order valence-electron chi connectivity index (χ1n) is 9.13. The van der Waals surface area contributed by atoms with Crippen LogP contribution in [0.2, 0.25) is 5.02 Å². The average molecular weight is 430 g/mol. The smallest absolute Gasteiger partial charge is 0.338 e. The summed E-state index contributed by atoms with van der Waals surface area (Å²) >= 11 is 5.72. The van der Waals surface area contributed by atoms with Crippen LogP contribution < -0.4 is 10.6 Å². The highest BCUT2D eigenvalue weighted by molar-refractivity contribution is 6.31. The van der Waals surface area contributed by atoms with Crippen molar-refractivity contribution in [3.8, 4) is 0 Å². The molecule has 0 aliphatic carbocycles. The topological polar surface area (TPSA) is 87.7 Å². The van der Waals surface area contributed by atoms with Crippen LogP contribution >= 0.6 is 11.6 Å². The van der Waals surface area contributed by atoms with Crippen molar-refractivity contribution in [3.05, 3.63) is 75.7 Å². The van der Waals surface area contributed by atoms with Gasteiger partial charge in [-0.25, -0.2) is 14.0 Å². The van der Waals surface area contributed by atoms with Gasteiger partial charge in [-0.05, 0) is 30.7 Å². The SMILES string of the molecule is Cc1ccc([C@@H]2NC(=O)N(CC(=O)Nc3ccc(F)c(Cl)c3)C3=C2C(=O)OC3)cc1. The van der Waals surface area contributed by atoms with Gasteiger partial charge in [-0.3, -0.25) is 9.69 Å². The van der Waals surface area contributed by atoms with Crippen LogP contribution in [0.4, 0.5) is 14.9 Å². The van der Waals surface area contributed by atoms with Crippen molar-refractivity contribution < 1.29 is 23.5 Å². The molecule has 2 aromatic carbocycles. The van der Waals surface area contributed by atoms with Crippen LogP contribution in [0.5, 0.6) is 0 Å². The van der Waals surface area contributed by atoms with E-state index in [-0.39, 0.29) is 23.9 Å². The minimum atomic E-state index is -0.654. The number of anilines is 1. The number of aryl methyl sites for hydroxylation is 1. The number of nitrogens with zero attached hydrogens (tertiary/aromatic N) is 1. The lowest BCUT2D eigenvalue weighted by Gasteiger charge is -2.32. The van der Waals surface area contributed by atoms with E-state index < -0.39 is 29.8 Å². The second-order valence-corrected chi connectivity index (χ2v) is 7.40. The molecule has 0 aromatic heterocycles. The fraction of sp³-hybridized carbons (Fsp3) is 0.190. The first-order valence-corrected chi connectivity index (χ1v) is 9.51. The van der Waals surface area contributed by atoms with E-state index in [0.717, 1.165) is 17.2 Å². The lowest BCUT2D eigenvalue weighted by Crippen LogP contribution is -2.49. The Morgan fingerprint density at radius 3 is 2.70 bits per heavy atom. The van der Waals surface area contributed by atoms with Gasteiger partial charge in [0.05, 0.1) is 22.3 Å². The molecule has 0 unspecified atom stereocenters. The van der Waals surface area contributed by atoms with E-state index in [9.17, 15) is 18.8 Å². The summed E-state index contributed by atoms with van der Waals surface area (Å²) in [6.45, 7) is 1.49. The van der Waals surface area contributed by atoms with E-state index in [1.807, 2.05) is 31.2 Å². The number of esters is 1. The van der Waals surface area contributed by atoms with Gasteiger partial charge in [-0.2, -0.15) is 0 Å². The molecule has 4 rings (SSSR count). The van der Waals surface area contributed by atoms with Crippen LogP contribution in [0.15, 0.2) is 53.7 Å². The van der Waals surface area contributed by atoms with Crippen molar-refractivity contribution in [2.24, 2.45) is 0 Å². The van der Waals surface area contributed by atoms with E-state index in [1.165, 1.54) is 17.0 Å². The number of benzene rings is 2. The fourth-order valence-electron chi connectivity index (χ4n) is 3.41. The summed E-state index contributed by atoms with van der Waals surface area (Å²) in [5, 5.41) is 5.19. The number of halogens is 2. The fourth-order valence-corrected chi connectivity index (χ4v) is 3.59. The van der Waals surface area contributed by atoms with Crippen LogP contribution in [-0.2, 0) is 14.3 Å². The Labute approximate surface area is 176 Å². The third kappa shape index (κ3) is 3.73. The number of carbonyl (C=O) groups excluding carboxylic acids is 3. The van der Waals surface area contributed by atoms with Crippen molar-refractivity contribution in [3.63, 3.8) is 0 Å². The highest BCUT2D eigenvalue weighted by atomic mass is 35.5. The number of ether oxygens (including phenoxy) is 1. The van der Waals surface area contributed by atoms with Gasteiger partial charge in [-0.15, -0.1) is 0 Å². The third-order valence-electron chi connectivity index (χ3n) is 4.91. The molecule has 2 aliphatic rings. The first-order chi connectivity index (χ1) is 14.3. The highest BCUT2D eigenvalue weighted by Gasteiger charge is 2.42. The summed E-state index contributed by atoms with van der Waals surface area (Å²) in [6.07, 6.45) is 0. The standard InChI is InChI=1S/C21H17ClFN3O4/c1-11-2-4-12(5-3-11)19-18-16(10-30-20(18)28)26(21(29)25-19)9-17(27)24-13-6-7-15(23)14(22)8-13/h2-8,19H,9-10H2,1H3,(H,24,27)(H,25,29)/t19-/m0/s1. The predicted octanol–water partition coefficient (Wildman–Crippen LogP) is 3.30. The molecule has 154 valence electrons. The lowest BCUT2D eigenvalue weighted by atomic mass is 9.95. The Bertz CT molecular complexity index is 1080. The molecule has 2 aromatic rings. The highest BCUT2D eigenvalue weighted by Crippen LogP contribution is 2.35. The second-order valence-electron chi connectivity index (χ2n) is 6.99. The molecule has 3 amide bonds. The molecule has 2 N–H and O–H groups in total. The molecule has 2 aliphatic heterocycles. The number of hydrogen-bond acceptors (Lipinski definition) is 4. The Morgan fingerprint density at radius 1 is 1.27 bits per heavy atom. The van der Waals surface area contributed by atoms with Crippen molar-refractivity contribution in [1.29, 1.82) is 0 Å². The maximum Gasteiger partial charge on any atom is 0.338 e. The molecule has 0 saturated carbocycles. The third-order valence-corrected chi connectivity index (χ3v) is 5.20. The van der Waals surface area contributed by atoms with E-state index >= 15 is 0 Å². The Morgan fingerprint density at radius 2 is 2.00 bits per heavy atom. The Hall–Kier alpha value is -3.39. The molecule has 0 radical (unpaired) electrons. The zero-order valence-electron chi connectivity index (χ0n) is 15.9. The number of hydrogen-bond donors (Lipinski definition) is 2. The molecule has 9 heteroatoms. The van der Waals surface area contributed by atoms with E-state index in [1.54, 1.807) is 0 Å². The predicted molar refractivity (Wildman–Crippen MR) is 107 cm³/mol. The normalized spacial score (nSPS) is 18.1. The minimum Gasteiger partial charge on any atom is -0.456 e. The molecule has 0 bridgehead atoms. The molecule has 0 spiro atoms. The second kappa shape index (κ2) is 7.79. The van der Waals surface area contributed by atoms with Gasteiger partial charge in [0, 0.05) is 5.69 Å². The van der Waals surface area contributed by atoms with Gasteiger partial charge in [-0.1, -0.05) is 41.4 Å². The van der Waals surface area contributed by atoms with Crippen LogP contribution in [-0.4, -0.2) is 36.0 Å². The Kier molecular flexibility index (Phi) is 5.17. The summed E-state index contributed by atoms with van der Waals surface area (Å²) in [5.41, 5.74) is 2.72. The van der Waals surface area contributed by atoms with Crippen molar-refractivity contribution in [2.75, 3.05) is 18.5 Å². The molecular formula is C21H17ClFN3O4. The number of rotatable bonds is 4. The van der Waals surface area contributed by atoms with Gasteiger partial charge >= 0.3 is 12.0 Å². The van der Waals surface area contributed by atoms with E-state index in [2.05, 4.69) is 10.6 Å². The van der Waals surface area contributed by atoms with Gasteiger partial charge in [0.1, 0.15) is 19.0 Å². The molecule has 0 saturated heterocycles. The summed E-state index contributed by atoms with van der Waals surface area (Å²) in [7, 11) is 0. The van der Waals surface area contributed by atoms with E-state index in [0.29, 0.717) is 11.3 Å². The number of carbonyl (C=O) groups is 3. The molecule has 1 atom stereocenters. The molecule has 30 heavy (non-hydrogen) atoms. The largest absolute Gasteiger partial charge is 0.456 e. The minimum absolute atomic E-state index is 0.0976. The van der Waals surface area contributed by atoms with Crippen molar-refractivity contribution in [1.82, 2.24) is 10.2 Å². The van der Waals surface area contributed by atoms with Gasteiger partial charge in [0.2, 0.25) is 5.91 Å². The maximum absolute atomic E-state index is 13.3. The molecule has 2 heterocycles. The molecule has 0 fully saturated rings. The number of nitrogens with one attached hydrogen (secondary N) is 2. The molecule has 7 nitrogen and oxygen atoms in total. The maximum atomic E-state index is 13.3. The van der Waals surface area contributed by atoms with Gasteiger partial charge < -0.3 is 15.4 Å². The number of urea groups is 1. The van der Waals surface area contributed by atoms with Crippen LogP contribution in [0.3, 0.4) is 0 Å². The number of cyclic esters (lactones) is 1. The zero-order valence-corrected chi connectivity index (χ0v) is 16.6. The van der Waals surface area contributed by atoms with Crippen molar-refractivity contribution >= 4 is 35.2 Å². The summed E-state index contributed by atoms with van der Waals surface area (Å²) in [5.74, 6) is -1.68. The zero-order chi connectivity index (χ0) is 21.4. The number of amides is 3. The van der Waals surface area contributed by atoms with Crippen LogP contribution in [0.1, 0.15) is 17.2 Å². The summed E-state index contributed by atoms with van der Waals surface area (Å²) < 4.78 is 18.4. The first kappa shape index (κ1) is 19.9. The van der Waals surface area contributed by atoms with Gasteiger partial charge in [0.15, 0.2) is 0 Å². The van der Waals surface area contributed by atoms with Crippen LogP contribution in [0, 0.1) is 12.7 Å². The monoisotopic (exact) mass is 429 g/mol. The average Bonchev–Trinajstić information content (AvgIpc) is 3.09. The van der Waals surface area contributed by atoms with Crippen LogP contribution in [0.25, 0.3) is 0 Å². The molecular weight excluding hydrogens is 413 g/mol. The van der Waals surface area contributed by atoms with E-state index in [4.69, 9.17) is 16.3 Å². The summed E-state index contributed by atoms with van der Waals surface area (Å²) in [4.78, 5) is 38.7. The Balaban J connectivity index is 1.58. The quantitative estimate of drug-likeness (QED) is 0.730. The lowest BCUT2D eigenvalue weighted by molar-refractivity contribution is -0.136. The summed E-state index contributed by atoms with van der Waals surface area (Å²) in [6, 6.07) is 10.0. The van der Waals surface area contributed by atoms with Crippen molar-refractivity contribution in [2.45, 2.75) is 13.0 Å².